The Balaban J connectivity index is 0.000000595. The smallest absolute Gasteiger partial charge is 0.340 e. The lowest BCUT2D eigenvalue weighted by Gasteiger charge is -2.45. The van der Waals surface area contributed by atoms with Gasteiger partial charge in [-0.1, -0.05) is 31.5 Å². The molecule has 3 heterocycles. The highest BCUT2D eigenvalue weighted by Gasteiger charge is 2.54. The number of carbonyl (C=O) groups is 4. The van der Waals surface area contributed by atoms with E-state index in [4.69, 9.17) is 43.7 Å². The van der Waals surface area contributed by atoms with Crippen molar-refractivity contribution in [1.82, 2.24) is 24.2 Å². The number of hydrogen-bond acceptors (Lipinski definition) is 14. The number of amides is 2. The lowest BCUT2D eigenvalue weighted by molar-refractivity contribution is -0.143. The third-order valence-electron chi connectivity index (χ3n) is 14.6. The molecule has 18 nitrogen and oxygen atoms in total. The molecule has 6 rings (SSSR count). The maximum atomic E-state index is 13.7. The predicted molar refractivity (Wildman–Crippen MR) is 338 cm³/mol. The maximum Gasteiger partial charge on any atom is 0.340 e. The van der Waals surface area contributed by atoms with Gasteiger partial charge in [-0.2, -0.15) is 0 Å². The summed E-state index contributed by atoms with van der Waals surface area (Å²) in [5.41, 5.74) is 0.896. The second-order valence-corrected chi connectivity index (χ2v) is 27.7. The first kappa shape index (κ1) is 69.0. The molecule has 1 saturated heterocycles. The van der Waals surface area contributed by atoms with Gasteiger partial charge in [0.2, 0.25) is 20.4 Å². The molecule has 85 heavy (non-hydrogen) atoms. The average molecular weight is 1220 g/mol. The number of benzene rings is 3. The molecule has 2 N–H and O–H groups in total. The lowest BCUT2D eigenvalue weighted by Crippen LogP contribution is -2.44. The summed E-state index contributed by atoms with van der Waals surface area (Å²) in [6.07, 6.45) is 3.88. The van der Waals surface area contributed by atoms with Crippen molar-refractivity contribution in [3.05, 3.63) is 111 Å². The van der Waals surface area contributed by atoms with Crippen molar-refractivity contribution in [2.45, 2.75) is 198 Å². The van der Waals surface area contributed by atoms with E-state index in [1.54, 1.807) is 57.2 Å². The zero-order chi connectivity index (χ0) is 65.0. The molecule has 0 bridgehead atoms. The molecule has 3 aromatic carbocycles. The van der Waals surface area contributed by atoms with E-state index in [1.165, 1.54) is 7.11 Å². The van der Waals surface area contributed by atoms with E-state index in [0.29, 0.717) is 142 Å². The molecule has 3 aromatic rings. The maximum absolute atomic E-state index is 13.7. The predicted octanol–water partition coefficient (Wildman–Crippen LogP) is 13.7. The molecule has 1 spiro atoms. The van der Waals surface area contributed by atoms with E-state index in [0.717, 1.165) is 12.0 Å². The Kier molecular flexibility index (Phi) is 27.0. The summed E-state index contributed by atoms with van der Waals surface area (Å²) in [4.78, 5) is 61.7. The number of likely N-dealkylation sites (tertiary alicyclic amines) is 1. The fraction of sp³-hybridized carbons (Fsp3) is 0.631. The highest BCUT2D eigenvalue weighted by molar-refractivity contribution is 7.47. The average Bonchev–Trinajstić information content (AvgIpc) is 1.63. The molecule has 0 aromatic heterocycles. The van der Waals surface area contributed by atoms with Crippen LogP contribution in [0, 0.1) is 30.9 Å². The highest BCUT2D eigenvalue weighted by Crippen LogP contribution is 2.57. The summed E-state index contributed by atoms with van der Waals surface area (Å²) in [5, 5.41) is 6.46. The number of aliphatic hydroxyl groups excluding tert-OH is 1. The number of piperidine rings is 1. The minimum absolute atomic E-state index is 0.0937. The van der Waals surface area contributed by atoms with Gasteiger partial charge >= 0.3 is 11.9 Å². The van der Waals surface area contributed by atoms with E-state index in [9.17, 15) is 19.2 Å². The van der Waals surface area contributed by atoms with Gasteiger partial charge < -0.3 is 52.8 Å². The van der Waals surface area contributed by atoms with E-state index >= 15 is 0 Å². The zero-order valence-corrected chi connectivity index (χ0v) is 55.6. The Bertz CT molecular complexity index is 2770. The van der Waals surface area contributed by atoms with Crippen LogP contribution in [0.5, 0.6) is 17.2 Å². The van der Waals surface area contributed by atoms with E-state index in [-0.39, 0.29) is 48.3 Å². The Hall–Kier alpha value is -5.10. The number of unbranched alkanes of at least 4 members (excludes halogenated alkanes) is 2. The monoisotopic (exact) mass is 1220 g/mol. The SMILES string of the molecule is [3H]CC1(COP(OCC[N+]#[C-])N(C(C)C)C(C)C)CCN(C(=O)CCCCCNC(=O)c2ccc3c(c2)C(=O)OC32c3ccc(C)cc3Oc3cc(OC(=O)C(C)(C)C)ccc32)CC1.[3H]OC.[C-]#[N+]CCOP(N(C(C)C)C(C)C)N(C(C)C)C(C)C. The minimum atomic E-state index is -1.39. The number of nitrogens with one attached hydrogen (secondary N) is 1. The van der Waals surface area contributed by atoms with Crippen molar-refractivity contribution in [3.63, 3.8) is 0 Å². The Labute approximate surface area is 514 Å². The first-order valence-corrected chi connectivity index (χ1v) is 32.3. The Morgan fingerprint density at radius 2 is 1.31 bits per heavy atom. The van der Waals surface area contributed by atoms with Crippen LogP contribution in [0.15, 0.2) is 54.6 Å². The normalized spacial score (nSPS) is 16.7. The van der Waals surface area contributed by atoms with Gasteiger partial charge in [-0.3, -0.25) is 14.4 Å². The quantitative estimate of drug-likeness (QED) is 0.0255. The number of aryl methyl sites for hydroxylation is 1. The van der Waals surface area contributed by atoms with Crippen LogP contribution in [0.2, 0.25) is 0 Å². The third-order valence-corrected chi connectivity index (χ3v) is 19.7. The minimum Gasteiger partial charge on any atom is -0.456 e. The van der Waals surface area contributed by atoms with Crippen LogP contribution in [0.1, 0.15) is 194 Å². The molecular weight excluding hydrogens is 1120 g/mol. The van der Waals surface area contributed by atoms with Gasteiger partial charge in [-0.15, -0.1) is 0 Å². The van der Waals surface area contributed by atoms with Crippen molar-refractivity contribution in [1.29, 1.82) is 1.43 Å². The number of hydrogen-bond donors (Lipinski definition) is 2. The van der Waals surface area contributed by atoms with Crippen molar-refractivity contribution in [2.75, 3.05) is 59.7 Å². The number of aliphatic hydroxyl groups is 1. The fourth-order valence-corrected chi connectivity index (χ4v) is 14.6. The van der Waals surface area contributed by atoms with Gasteiger partial charge in [-0.25, -0.2) is 32.0 Å². The van der Waals surface area contributed by atoms with Crippen LogP contribution in [-0.4, -0.2) is 145 Å². The van der Waals surface area contributed by atoms with Crippen LogP contribution in [-0.2, 0) is 33.5 Å². The number of rotatable bonds is 26. The molecule has 2 amide bonds. The third kappa shape index (κ3) is 19.2. The van der Waals surface area contributed by atoms with Crippen molar-refractivity contribution in [3.8, 4) is 17.2 Å². The Morgan fingerprint density at radius 3 is 1.85 bits per heavy atom. The number of ether oxygens (including phenoxy) is 3. The van der Waals surface area contributed by atoms with Crippen LogP contribution in [0.4, 0.5) is 0 Å². The van der Waals surface area contributed by atoms with E-state index in [1.807, 2.05) is 30.0 Å². The zero-order valence-electron chi connectivity index (χ0n) is 55.8. The summed E-state index contributed by atoms with van der Waals surface area (Å²) < 4.78 is 58.2. The lowest BCUT2D eigenvalue weighted by atomic mass is 9.77. The molecule has 470 valence electrons. The van der Waals surface area contributed by atoms with Crippen LogP contribution in [0.3, 0.4) is 0 Å². The van der Waals surface area contributed by atoms with Crippen molar-refractivity contribution >= 4 is 40.7 Å². The summed E-state index contributed by atoms with van der Waals surface area (Å²) >= 11 is 0. The standard InChI is InChI=1S/C49H63N4O9P.C15H32N3OP.CH4O/c1-32(2)53(33(3)4)63(58-27-24-50-10)59-31-48(9)21-25-52(26-22-48)43(54)14-12-11-13-23-51-44(55)35-16-19-38-37(29-35)45(56)62-49(38)39-18-15-34(5)28-41(39)61-42-30-36(17-20-40(42)49)60-46(57)47(6,7)8;1-12(2)17(13(3)4)20(19-11-10-16-9)18(14(5)6)15(7)8;1-2/h15-20,28-30,32-33H,11-14,21-27,31H2,1-9H3,(H,51,55);12-15H,10-11H2,1-8H3;2H,1H3/i9T;;2T. The van der Waals surface area contributed by atoms with E-state index < -0.39 is 39.9 Å². The largest absolute Gasteiger partial charge is 0.456 e. The fourth-order valence-electron chi connectivity index (χ4n) is 10.6. The van der Waals surface area contributed by atoms with Gasteiger partial charge in [0, 0.05) is 99.1 Å². The van der Waals surface area contributed by atoms with E-state index in [2.05, 4.69) is 117 Å². The van der Waals surface area contributed by atoms with Crippen LogP contribution < -0.4 is 14.8 Å². The van der Waals surface area contributed by atoms with Gasteiger partial charge in [-0.05, 0) is 178 Å². The van der Waals surface area contributed by atoms with Gasteiger partial charge in [0.1, 0.15) is 30.5 Å². The second-order valence-electron chi connectivity index (χ2n) is 24.6. The summed E-state index contributed by atoms with van der Waals surface area (Å²) in [6, 6.07) is 17.8. The van der Waals surface area contributed by atoms with Gasteiger partial charge in [0.15, 0.2) is 14.1 Å². The highest BCUT2D eigenvalue weighted by atomic mass is 31.2. The summed E-state index contributed by atoms with van der Waals surface area (Å²) in [7, 11) is -0.935. The molecular formula is C65H99N7O11P2. The number of esters is 2. The van der Waals surface area contributed by atoms with Crippen molar-refractivity contribution in [2.24, 2.45) is 10.8 Å². The Morgan fingerprint density at radius 1 is 0.765 bits per heavy atom. The summed E-state index contributed by atoms with van der Waals surface area (Å²) in [6.45, 7) is 51.1. The first-order valence-electron chi connectivity index (χ1n) is 31.1. The van der Waals surface area contributed by atoms with Gasteiger partial charge in [0.05, 0.1) is 17.6 Å². The number of carbonyl (C=O) groups excluding carboxylic acids is 4. The van der Waals surface area contributed by atoms with Gasteiger partial charge in [0.25, 0.3) is 14.4 Å². The molecule has 0 saturated carbocycles. The molecule has 20 heteroatoms. The van der Waals surface area contributed by atoms with Crippen LogP contribution >= 0.6 is 17.0 Å². The molecule has 2 unspecified atom stereocenters. The molecule has 0 radical (unpaired) electrons. The molecule has 1 fully saturated rings. The molecule has 0 aliphatic carbocycles. The molecule has 3 aliphatic heterocycles. The summed E-state index contributed by atoms with van der Waals surface area (Å²) in [5.74, 6) is -0.00364. The topological polar surface area (TPSA) is 178 Å². The van der Waals surface area contributed by atoms with Crippen molar-refractivity contribution < 1.29 is 53.4 Å². The first-order chi connectivity index (χ1) is 41.1. The molecule has 3 aliphatic rings. The van der Waals surface area contributed by atoms with Crippen LogP contribution in [0.25, 0.3) is 9.69 Å². The number of nitrogens with zero attached hydrogens (tertiary/aromatic N) is 6. The molecule has 2 atom stereocenters. The second kappa shape index (κ2) is 33.3. The number of fused-ring (bicyclic) bond motifs is 6.